The van der Waals surface area contributed by atoms with E-state index in [1.54, 1.807) is 24.3 Å². The molecule has 168 valence electrons. The first-order valence-corrected chi connectivity index (χ1v) is 11.9. The Labute approximate surface area is 194 Å². The number of benzene rings is 2. The molecule has 0 aliphatic heterocycles. The summed E-state index contributed by atoms with van der Waals surface area (Å²) in [5.41, 5.74) is 6.24. The van der Waals surface area contributed by atoms with Gasteiger partial charge in [0, 0.05) is 6.07 Å². The van der Waals surface area contributed by atoms with E-state index >= 15 is 0 Å². The summed E-state index contributed by atoms with van der Waals surface area (Å²) in [6.45, 7) is 0. The highest BCUT2D eigenvalue weighted by molar-refractivity contribution is 7.99. The maximum Gasteiger partial charge on any atom is 0.234 e. The maximum atomic E-state index is 12.7. The number of hydrogen-bond acceptors (Lipinski definition) is 9. The van der Waals surface area contributed by atoms with Gasteiger partial charge in [0.25, 0.3) is 0 Å². The van der Waals surface area contributed by atoms with Crippen molar-refractivity contribution in [3.63, 3.8) is 0 Å². The van der Waals surface area contributed by atoms with Crippen molar-refractivity contribution >= 4 is 50.6 Å². The number of nitrogens with one attached hydrogen (secondary N) is 1. The van der Waals surface area contributed by atoms with Crippen molar-refractivity contribution in [1.82, 2.24) is 9.97 Å². The van der Waals surface area contributed by atoms with Gasteiger partial charge in [-0.2, -0.15) is 0 Å². The van der Waals surface area contributed by atoms with E-state index in [4.69, 9.17) is 26.8 Å². The van der Waals surface area contributed by atoms with Gasteiger partial charge in [0.1, 0.15) is 22.2 Å². The molecule has 0 fully saturated rings. The zero-order valence-electron chi connectivity index (χ0n) is 17.0. The van der Waals surface area contributed by atoms with Crippen LogP contribution in [0.2, 0.25) is 5.02 Å². The quantitative estimate of drug-likeness (QED) is 0.357. The van der Waals surface area contributed by atoms with Crippen LogP contribution in [0.15, 0.2) is 63.6 Å². The Morgan fingerprint density at radius 1 is 1.16 bits per heavy atom. The number of thioether (sulfide) groups is 1. The Morgan fingerprint density at radius 3 is 2.47 bits per heavy atom. The number of anilines is 2. The van der Waals surface area contributed by atoms with Gasteiger partial charge in [-0.1, -0.05) is 41.6 Å². The highest BCUT2D eigenvalue weighted by atomic mass is 35.5. The van der Waals surface area contributed by atoms with E-state index in [-0.39, 0.29) is 32.4 Å². The first-order valence-electron chi connectivity index (χ1n) is 9.03. The van der Waals surface area contributed by atoms with E-state index in [0.29, 0.717) is 22.2 Å². The molecule has 0 radical (unpaired) electrons. The topological polar surface area (TPSA) is 134 Å². The van der Waals surface area contributed by atoms with Crippen LogP contribution in [0.1, 0.15) is 0 Å². The number of hydrogen-bond donors (Lipinski definition) is 2. The molecule has 2 aromatic carbocycles. The predicted octanol–water partition coefficient (Wildman–Crippen LogP) is 3.29. The summed E-state index contributed by atoms with van der Waals surface area (Å²) in [5.74, 6) is 0.149. The number of ether oxygens (including phenoxy) is 2. The number of nitrogen functional groups attached to an aromatic ring is 1. The molecular formula is C20H19ClN4O5S2. The van der Waals surface area contributed by atoms with Crippen molar-refractivity contribution in [2.24, 2.45) is 0 Å². The fraction of sp³-hybridized carbons (Fsp3) is 0.150. The first kappa shape index (κ1) is 23.6. The van der Waals surface area contributed by atoms with Crippen LogP contribution < -0.4 is 20.5 Å². The monoisotopic (exact) mass is 494 g/mol. The van der Waals surface area contributed by atoms with Gasteiger partial charge >= 0.3 is 0 Å². The molecule has 0 spiro atoms. The predicted molar refractivity (Wildman–Crippen MR) is 122 cm³/mol. The summed E-state index contributed by atoms with van der Waals surface area (Å²) >= 11 is 7.10. The van der Waals surface area contributed by atoms with Crippen LogP contribution >= 0.6 is 23.4 Å². The average molecular weight is 495 g/mol. The summed E-state index contributed by atoms with van der Waals surface area (Å²) in [6, 6.07) is 10.9. The third kappa shape index (κ3) is 5.23. The molecule has 0 bridgehead atoms. The lowest BCUT2D eigenvalue weighted by Gasteiger charge is -2.13. The van der Waals surface area contributed by atoms with Gasteiger partial charge in [-0.3, -0.25) is 4.79 Å². The van der Waals surface area contributed by atoms with Crippen LogP contribution in [0.4, 0.5) is 11.5 Å². The maximum absolute atomic E-state index is 12.7. The second kappa shape index (κ2) is 10.1. The number of amides is 1. The minimum absolute atomic E-state index is 0.0585. The Bertz CT molecular complexity index is 1240. The molecular weight excluding hydrogens is 476 g/mol. The van der Waals surface area contributed by atoms with Crippen LogP contribution in [-0.4, -0.2) is 44.3 Å². The molecule has 3 N–H and O–H groups in total. The van der Waals surface area contributed by atoms with Crippen molar-refractivity contribution in [3.8, 4) is 11.5 Å². The lowest BCUT2D eigenvalue weighted by atomic mass is 10.2. The van der Waals surface area contributed by atoms with Crippen LogP contribution in [0, 0.1) is 0 Å². The number of sulfone groups is 1. The van der Waals surface area contributed by atoms with Crippen molar-refractivity contribution in [1.29, 1.82) is 0 Å². The van der Waals surface area contributed by atoms with Crippen LogP contribution in [0.25, 0.3) is 0 Å². The molecule has 0 aliphatic carbocycles. The molecule has 3 rings (SSSR count). The van der Waals surface area contributed by atoms with Crippen molar-refractivity contribution in [2.75, 3.05) is 31.0 Å². The number of carbonyl (C=O) groups is 1. The Kier molecular flexibility index (Phi) is 7.44. The largest absolute Gasteiger partial charge is 0.495 e. The van der Waals surface area contributed by atoms with E-state index in [9.17, 15) is 13.2 Å². The second-order valence-corrected chi connectivity index (χ2v) is 9.51. The van der Waals surface area contributed by atoms with Crippen molar-refractivity contribution in [2.45, 2.75) is 14.9 Å². The van der Waals surface area contributed by atoms with E-state index in [2.05, 4.69) is 15.3 Å². The van der Waals surface area contributed by atoms with Gasteiger partial charge in [-0.25, -0.2) is 18.4 Å². The average Bonchev–Trinajstić information content (AvgIpc) is 2.78. The minimum atomic E-state index is -3.85. The number of halogens is 1. The van der Waals surface area contributed by atoms with Crippen molar-refractivity contribution < 1.29 is 22.7 Å². The van der Waals surface area contributed by atoms with Crippen LogP contribution in [-0.2, 0) is 14.6 Å². The fourth-order valence-electron chi connectivity index (χ4n) is 2.64. The number of aromatic nitrogens is 2. The lowest BCUT2D eigenvalue weighted by molar-refractivity contribution is -0.113. The molecule has 1 amide bonds. The summed E-state index contributed by atoms with van der Waals surface area (Å²) < 4.78 is 35.8. The van der Waals surface area contributed by atoms with Gasteiger partial charge in [0.15, 0.2) is 5.16 Å². The number of carbonyl (C=O) groups excluding carboxylic acids is 1. The zero-order valence-corrected chi connectivity index (χ0v) is 19.4. The lowest BCUT2D eigenvalue weighted by Crippen LogP contribution is -2.15. The normalized spacial score (nSPS) is 11.1. The number of nitrogens with zero attached hydrogens (tertiary/aromatic N) is 2. The highest BCUT2D eigenvalue weighted by Crippen LogP contribution is 2.36. The zero-order chi connectivity index (χ0) is 23.3. The standard InChI is InChI=1S/C20H19ClN4O5S2/c1-29-15-9-16(30-2)14(8-13(15)21)24-18(26)11-31-20-23-10-17(19(22)25-20)32(27,28)12-6-4-3-5-7-12/h3-10H,11H2,1-2H3,(H,24,26)(H2,22,23,25). The van der Waals surface area contributed by atoms with Gasteiger partial charge in [-0.15, -0.1) is 0 Å². The fourth-order valence-corrected chi connectivity index (χ4v) is 4.79. The third-order valence-corrected chi connectivity index (χ3v) is 7.13. The van der Waals surface area contributed by atoms with Gasteiger partial charge in [0.2, 0.25) is 15.7 Å². The molecule has 32 heavy (non-hydrogen) atoms. The van der Waals surface area contributed by atoms with Gasteiger partial charge in [-0.05, 0) is 18.2 Å². The molecule has 0 atom stereocenters. The Balaban J connectivity index is 1.70. The summed E-state index contributed by atoms with van der Waals surface area (Å²) in [5, 5.41) is 3.15. The van der Waals surface area contributed by atoms with E-state index in [1.165, 1.54) is 32.4 Å². The number of nitrogens with two attached hydrogens (primary N) is 1. The van der Waals surface area contributed by atoms with Crippen LogP contribution in [0.3, 0.4) is 0 Å². The molecule has 9 nitrogen and oxygen atoms in total. The molecule has 12 heteroatoms. The van der Waals surface area contributed by atoms with E-state index < -0.39 is 9.84 Å². The number of rotatable bonds is 8. The van der Waals surface area contributed by atoms with E-state index in [0.717, 1.165) is 18.0 Å². The molecule has 0 unspecified atom stereocenters. The molecule has 3 aromatic rings. The Morgan fingerprint density at radius 2 is 1.84 bits per heavy atom. The smallest absolute Gasteiger partial charge is 0.234 e. The van der Waals surface area contributed by atoms with E-state index in [1.807, 2.05) is 0 Å². The Hall–Kier alpha value is -3.02. The number of methoxy groups -OCH3 is 2. The van der Waals surface area contributed by atoms with Crippen molar-refractivity contribution in [3.05, 3.63) is 53.7 Å². The summed E-state index contributed by atoms with van der Waals surface area (Å²) in [6.07, 6.45) is 1.14. The molecule has 1 aromatic heterocycles. The molecule has 1 heterocycles. The second-order valence-electron chi connectivity index (χ2n) is 6.24. The summed E-state index contributed by atoms with van der Waals surface area (Å²) in [7, 11) is -0.928. The first-order chi connectivity index (χ1) is 15.3. The van der Waals surface area contributed by atoms with Gasteiger partial charge in [0.05, 0.1) is 41.8 Å². The minimum Gasteiger partial charge on any atom is -0.495 e. The summed E-state index contributed by atoms with van der Waals surface area (Å²) in [4.78, 5) is 20.3. The SMILES string of the molecule is COc1cc(OC)c(NC(=O)CSc2ncc(S(=O)(=O)c3ccccc3)c(N)n2)cc1Cl. The third-order valence-electron chi connectivity index (χ3n) is 4.18. The van der Waals surface area contributed by atoms with Crippen LogP contribution in [0.5, 0.6) is 11.5 Å². The van der Waals surface area contributed by atoms with Gasteiger partial charge < -0.3 is 20.5 Å². The molecule has 0 saturated heterocycles. The highest BCUT2D eigenvalue weighted by Gasteiger charge is 2.22. The molecule has 0 aliphatic rings. The molecule has 0 saturated carbocycles.